The predicted molar refractivity (Wildman–Crippen MR) is 85.8 cm³/mol. The van der Waals surface area contributed by atoms with E-state index in [2.05, 4.69) is 27.9 Å². The lowest BCUT2D eigenvalue weighted by molar-refractivity contribution is 0.262. The van der Waals surface area contributed by atoms with Crippen molar-refractivity contribution in [1.29, 1.82) is 0 Å². The summed E-state index contributed by atoms with van der Waals surface area (Å²) in [6.45, 7) is 2.07. The average Bonchev–Trinajstić information content (AvgIpc) is 2.49. The first-order valence-electron chi connectivity index (χ1n) is 6.56. The first kappa shape index (κ1) is 15.3. The maximum absolute atomic E-state index is 11.9. The molecule has 0 saturated carbocycles. The molecule has 1 atom stereocenters. The minimum absolute atomic E-state index is 0.264. The van der Waals surface area contributed by atoms with Gasteiger partial charge in [-0.3, -0.25) is 5.32 Å². The molecule has 21 heavy (non-hydrogen) atoms. The van der Waals surface area contributed by atoms with Gasteiger partial charge in [0.05, 0.1) is 5.02 Å². The maximum atomic E-state index is 11.9. The van der Waals surface area contributed by atoms with Gasteiger partial charge in [-0.15, -0.1) is 0 Å². The second kappa shape index (κ2) is 7.06. The lowest BCUT2D eigenvalue weighted by Crippen LogP contribution is -2.20. The normalized spacial score (nSPS) is 11.8. The van der Waals surface area contributed by atoms with Gasteiger partial charge in [0.2, 0.25) is 0 Å². The molecular formula is C15H17ClN4O. The molecule has 0 saturated heterocycles. The van der Waals surface area contributed by atoms with Crippen LogP contribution < -0.4 is 16.0 Å². The molecule has 6 heteroatoms. The van der Waals surface area contributed by atoms with Crippen molar-refractivity contribution < 1.29 is 4.79 Å². The number of amides is 2. The van der Waals surface area contributed by atoms with Gasteiger partial charge in [-0.05, 0) is 43.8 Å². The third-order valence-electron chi connectivity index (χ3n) is 3.09. The molecule has 2 amide bonds. The van der Waals surface area contributed by atoms with Crippen LogP contribution in [-0.2, 0) is 0 Å². The van der Waals surface area contributed by atoms with Gasteiger partial charge < -0.3 is 10.6 Å². The summed E-state index contributed by atoms with van der Waals surface area (Å²) in [5.41, 5.74) is 1.85. The average molecular weight is 305 g/mol. The summed E-state index contributed by atoms with van der Waals surface area (Å²) in [7, 11) is 1.90. The zero-order chi connectivity index (χ0) is 15.2. The summed E-state index contributed by atoms with van der Waals surface area (Å²) in [6.07, 6.45) is 1.56. The van der Waals surface area contributed by atoms with Crippen molar-refractivity contribution in [2.45, 2.75) is 13.0 Å². The smallest absolute Gasteiger partial charge is 0.313 e. The number of hydrogen-bond acceptors (Lipinski definition) is 3. The van der Waals surface area contributed by atoms with Gasteiger partial charge in [0, 0.05) is 17.9 Å². The molecule has 0 fully saturated rings. The number of halogens is 1. The van der Waals surface area contributed by atoms with Crippen LogP contribution in [0.5, 0.6) is 0 Å². The Hall–Kier alpha value is -2.11. The molecule has 110 valence electrons. The van der Waals surface area contributed by atoms with Crippen LogP contribution in [0.25, 0.3) is 0 Å². The summed E-state index contributed by atoms with van der Waals surface area (Å²) in [4.78, 5) is 15.9. The SMILES string of the molecule is CNC(C)c1ccc(NC(=O)Nc2ncccc2Cl)cc1. The van der Waals surface area contributed by atoms with E-state index in [1.54, 1.807) is 18.3 Å². The third-order valence-corrected chi connectivity index (χ3v) is 3.40. The number of urea groups is 1. The molecule has 0 aliphatic heterocycles. The highest BCUT2D eigenvalue weighted by Crippen LogP contribution is 2.18. The maximum Gasteiger partial charge on any atom is 0.324 e. The van der Waals surface area contributed by atoms with E-state index in [9.17, 15) is 4.79 Å². The number of aromatic nitrogens is 1. The van der Waals surface area contributed by atoms with Crippen molar-refractivity contribution >= 4 is 29.1 Å². The van der Waals surface area contributed by atoms with Crippen LogP contribution in [0.1, 0.15) is 18.5 Å². The van der Waals surface area contributed by atoms with Gasteiger partial charge in [0.1, 0.15) is 0 Å². The minimum atomic E-state index is -0.384. The highest BCUT2D eigenvalue weighted by atomic mass is 35.5. The van der Waals surface area contributed by atoms with E-state index in [1.807, 2.05) is 31.3 Å². The van der Waals surface area contributed by atoms with Gasteiger partial charge >= 0.3 is 6.03 Å². The molecule has 1 heterocycles. The minimum Gasteiger partial charge on any atom is -0.313 e. The molecule has 2 rings (SSSR count). The van der Waals surface area contributed by atoms with Crippen LogP contribution in [0.2, 0.25) is 5.02 Å². The summed E-state index contributed by atoms with van der Waals surface area (Å²) in [5, 5.41) is 8.89. The molecule has 3 N–H and O–H groups in total. The van der Waals surface area contributed by atoms with Gasteiger partial charge in [-0.25, -0.2) is 9.78 Å². The largest absolute Gasteiger partial charge is 0.324 e. The molecule has 0 bridgehead atoms. The van der Waals surface area contributed by atoms with Crippen molar-refractivity contribution in [2.75, 3.05) is 17.7 Å². The van der Waals surface area contributed by atoms with E-state index in [0.717, 1.165) is 5.56 Å². The zero-order valence-corrected chi connectivity index (χ0v) is 12.6. The van der Waals surface area contributed by atoms with Crippen LogP contribution in [0, 0.1) is 0 Å². The quantitative estimate of drug-likeness (QED) is 0.807. The topological polar surface area (TPSA) is 66.0 Å². The predicted octanol–water partition coefficient (Wildman–Crippen LogP) is 3.66. The molecular weight excluding hydrogens is 288 g/mol. The molecule has 0 aliphatic rings. The number of rotatable bonds is 4. The van der Waals surface area contributed by atoms with E-state index in [0.29, 0.717) is 16.5 Å². The Morgan fingerprint density at radius 2 is 1.90 bits per heavy atom. The Morgan fingerprint density at radius 3 is 2.52 bits per heavy atom. The van der Waals surface area contributed by atoms with Crippen molar-refractivity contribution in [3.05, 3.63) is 53.2 Å². The standard InChI is InChI=1S/C15H17ClN4O/c1-10(17-2)11-5-7-12(8-6-11)19-15(21)20-14-13(16)4-3-9-18-14/h3-10,17H,1-2H3,(H2,18,19,20,21). The van der Waals surface area contributed by atoms with Crippen LogP contribution >= 0.6 is 11.6 Å². The Labute approximate surface area is 128 Å². The zero-order valence-electron chi connectivity index (χ0n) is 11.9. The third kappa shape index (κ3) is 4.18. The van der Waals surface area contributed by atoms with E-state index in [1.165, 1.54) is 0 Å². The number of hydrogen-bond donors (Lipinski definition) is 3. The fraction of sp³-hybridized carbons (Fsp3) is 0.200. The van der Waals surface area contributed by atoms with Crippen molar-refractivity contribution in [2.24, 2.45) is 0 Å². The van der Waals surface area contributed by atoms with Crippen LogP contribution in [0.3, 0.4) is 0 Å². The molecule has 0 spiro atoms. The van der Waals surface area contributed by atoms with Gasteiger partial charge in [-0.2, -0.15) is 0 Å². The van der Waals surface area contributed by atoms with Gasteiger partial charge in [0.15, 0.2) is 5.82 Å². The number of nitrogens with zero attached hydrogens (tertiary/aromatic N) is 1. The van der Waals surface area contributed by atoms with E-state index < -0.39 is 0 Å². The van der Waals surface area contributed by atoms with Gasteiger partial charge in [-0.1, -0.05) is 23.7 Å². The number of pyridine rings is 1. The second-order valence-corrected chi connectivity index (χ2v) is 4.95. The first-order chi connectivity index (χ1) is 10.1. The molecule has 1 aromatic carbocycles. The summed E-state index contributed by atoms with van der Waals surface area (Å²) < 4.78 is 0. The van der Waals surface area contributed by atoms with E-state index >= 15 is 0 Å². The molecule has 5 nitrogen and oxygen atoms in total. The highest BCUT2D eigenvalue weighted by molar-refractivity contribution is 6.33. The van der Waals surface area contributed by atoms with E-state index in [-0.39, 0.29) is 12.1 Å². The van der Waals surface area contributed by atoms with Gasteiger partial charge in [0.25, 0.3) is 0 Å². The summed E-state index contributed by atoms with van der Waals surface area (Å²) in [6, 6.07) is 10.9. The Balaban J connectivity index is 1.98. The van der Waals surface area contributed by atoms with Crippen LogP contribution in [-0.4, -0.2) is 18.1 Å². The van der Waals surface area contributed by atoms with Crippen molar-refractivity contribution in [1.82, 2.24) is 10.3 Å². The number of carbonyl (C=O) groups is 1. The molecule has 1 aromatic heterocycles. The van der Waals surface area contributed by atoms with Crippen LogP contribution in [0.4, 0.5) is 16.3 Å². The highest BCUT2D eigenvalue weighted by Gasteiger charge is 2.07. The summed E-state index contributed by atoms with van der Waals surface area (Å²) in [5.74, 6) is 0.331. The number of nitrogens with one attached hydrogen (secondary N) is 3. The Bertz CT molecular complexity index is 615. The van der Waals surface area contributed by atoms with Crippen molar-refractivity contribution in [3.63, 3.8) is 0 Å². The monoisotopic (exact) mass is 304 g/mol. The summed E-state index contributed by atoms with van der Waals surface area (Å²) >= 11 is 5.93. The molecule has 2 aromatic rings. The second-order valence-electron chi connectivity index (χ2n) is 4.55. The fourth-order valence-corrected chi connectivity index (χ4v) is 1.94. The number of carbonyl (C=O) groups excluding carboxylic acids is 1. The molecule has 0 radical (unpaired) electrons. The Kier molecular flexibility index (Phi) is 5.14. The van der Waals surface area contributed by atoms with Crippen LogP contribution in [0.15, 0.2) is 42.6 Å². The van der Waals surface area contributed by atoms with E-state index in [4.69, 9.17) is 11.6 Å². The number of benzene rings is 1. The Morgan fingerprint density at radius 1 is 1.19 bits per heavy atom. The van der Waals surface area contributed by atoms with Crippen molar-refractivity contribution in [3.8, 4) is 0 Å². The lowest BCUT2D eigenvalue weighted by Gasteiger charge is -2.12. The first-order valence-corrected chi connectivity index (χ1v) is 6.93. The molecule has 1 unspecified atom stereocenters. The lowest BCUT2D eigenvalue weighted by atomic mass is 10.1. The fourth-order valence-electron chi connectivity index (χ4n) is 1.77. The number of anilines is 2. The molecule has 0 aliphatic carbocycles.